The Balaban J connectivity index is 1.32. The van der Waals surface area contributed by atoms with E-state index in [-0.39, 0.29) is 6.04 Å². The molecule has 0 N–H and O–H groups in total. The molecular formula is C23H33N3O2. The summed E-state index contributed by atoms with van der Waals surface area (Å²) < 4.78 is 5.61. The van der Waals surface area contributed by atoms with Crippen LogP contribution in [0.15, 0.2) is 30.3 Å². The Morgan fingerprint density at radius 2 is 1.96 bits per heavy atom. The molecule has 4 aliphatic rings. The van der Waals surface area contributed by atoms with E-state index in [2.05, 4.69) is 52.1 Å². The second-order valence-electron chi connectivity index (χ2n) is 9.30. The SMILES string of the molecule is CN1CCOC[C@@H]1C(=O)N1C[C@@H]2C[C@H](C1)[C@@H]1CCC[C@H](c3ccccc3)N1C2. The van der Waals surface area contributed by atoms with Gasteiger partial charge in [-0.1, -0.05) is 30.3 Å². The van der Waals surface area contributed by atoms with Gasteiger partial charge in [0.05, 0.1) is 13.2 Å². The minimum atomic E-state index is -0.0906. The largest absolute Gasteiger partial charge is 0.378 e. The van der Waals surface area contributed by atoms with Crippen molar-refractivity contribution in [3.63, 3.8) is 0 Å². The molecule has 28 heavy (non-hydrogen) atoms. The van der Waals surface area contributed by atoms with E-state index in [1.165, 1.54) is 31.2 Å². The Morgan fingerprint density at radius 3 is 2.79 bits per heavy atom. The minimum absolute atomic E-state index is 0.0906. The molecule has 0 radical (unpaired) electrons. The van der Waals surface area contributed by atoms with Crippen LogP contribution in [0.25, 0.3) is 0 Å². The molecule has 4 heterocycles. The van der Waals surface area contributed by atoms with Gasteiger partial charge >= 0.3 is 0 Å². The summed E-state index contributed by atoms with van der Waals surface area (Å²) in [6, 6.07) is 12.2. The fraction of sp³-hybridized carbons (Fsp3) is 0.696. The van der Waals surface area contributed by atoms with Crippen molar-refractivity contribution in [3.05, 3.63) is 35.9 Å². The van der Waals surface area contributed by atoms with Gasteiger partial charge in [0.25, 0.3) is 0 Å². The highest BCUT2D eigenvalue weighted by molar-refractivity contribution is 5.82. The fourth-order valence-electron chi connectivity index (χ4n) is 6.18. The maximum atomic E-state index is 13.2. The van der Waals surface area contributed by atoms with Crippen LogP contribution in [-0.2, 0) is 9.53 Å². The second kappa shape index (κ2) is 7.77. The van der Waals surface area contributed by atoms with Gasteiger partial charge in [0.2, 0.25) is 5.91 Å². The van der Waals surface area contributed by atoms with Gasteiger partial charge in [-0.15, -0.1) is 0 Å². The lowest BCUT2D eigenvalue weighted by molar-refractivity contribution is -0.149. The number of amides is 1. The molecule has 1 amide bonds. The number of nitrogens with zero attached hydrogens (tertiary/aromatic N) is 3. The Bertz CT molecular complexity index is 696. The first-order valence-electron chi connectivity index (χ1n) is 11.1. The van der Waals surface area contributed by atoms with Crippen LogP contribution in [0.1, 0.15) is 37.3 Å². The number of likely N-dealkylation sites (N-methyl/N-ethyl adjacent to an activating group) is 1. The van der Waals surface area contributed by atoms with Crippen molar-refractivity contribution in [1.82, 2.24) is 14.7 Å². The molecule has 0 aliphatic carbocycles. The predicted octanol–water partition coefficient (Wildman–Crippen LogP) is 2.39. The van der Waals surface area contributed by atoms with Gasteiger partial charge in [-0.2, -0.15) is 0 Å². The number of hydrogen-bond donors (Lipinski definition) is 0. The lowest BCUT2D eigenvalue weighted by atomic mass is 9.73. The normalized spacial score (nSPS) is 36.8. The molecule has 5 heteroatoms. The zero-order chi connectivity index (χ0) is 19.1. The van der Waals surface area contributed by atoms with Gasteiger partial charge in [-0.25, -0.2) is 0 Å². The first-order chi connectivity index (χ1) is 13.7. The highest BCUT2D eigenvalue weighted by atomic mass is 16.5. The molecule has 4 aliphatic heterocycles. The molecule has 2 bridgehead atoms. The number of morpholine rings is 1. The van der Waals surface area contributed by atoms with E-state index in [0.717, 1.165) is 32.8 Å². The number of rotatable bonds is 2. The minimum Gasteiger partial charge on any atom is -0.378 e. The zero-order valence-corrected chi connectivity index (χ0v) is 17.0. The van der Waals surface area contributed by atoms with E-state index in [0.29, 0.717) is 36.4 Å². The van der Waals surface area contributed by atoms with Crippen LogP contribution >= 0.6 is 0 Å². The van der Waals surface area contributed by atoms with Gasteiger partial charge in [0.1, 0.15) is 6.04 Å². The first kappa shape index (κ1) is 18.6. The maximum Gasteiger partial charge on any atom is 0.242 e. The average Bonchev–Trinajstić information content (AvgIpc) is 2.74. The molecule has 1 aromatic rings. The lowest BCUT2D eigenvalue weighted by Crippen LogP contribution is -2.63. The van der Waals surface area contributed by atoms with Gasteiger partial charge in [0.15, 0.2) is 0 Å². The van der Waals surface area contributed by atoms with Crippen LogP contribution in [0.3, 0.4) is 0 Å². The summed E-state index contributed by atoms with van der Waals surface area (Å²) in [6.45, 7) is 5.14. The summed E-state index contributed by atoms with van der Waals surface area (Å²) in [4.78, 5) is 20.4. The molecule has 5 rings (SSSR count). The zero-order valence-electron chi connectivity index (χ0n) is 17.0. The molecule has 1 aromatic carbocycles. The Labute approximate surface area is 168 Å². The summed E-state index contributed by atoms with van der Waals surface area (Å²) in [5.74, 6) is 1.52. The standard InChI is InChI=1S/C23H33N3O2/c1-24-10-11-28-16-22(24)23(27)25-13-17-12-19(15-25)21-9-5-8-20(26(21)14-17)18-6-3-2-4-7-18/h2-4,6-7,17,19-22H,5,8-16H2,1H3/t17-,19+,20+,21-,22+/m0/s1. The molecular weight excluding hydrogens is 350 g/mol. The molecule has 152 valence electrons. The fourth-order valence-corrected chi connectivity index (χ4v) is 6.18. The number of ether oxygens (including phenoxy) is 1. The topological polar surface area (TPSA) is 36.0 Å². The number of carbonyl (C=O) groups excluding carboxylic acids is 1. The van der Waals surface area contributed by atoms with E-state index in [1.807, 2.05) is 0 Å². The number of benzene rings is 1. The second-order valence-corrected chi connectivity index (χ2v) is 9.30. The number of hydrogen-bond acceptors (Lipinski definition) is 4. The molecule has 0 aromatic heterocycles. The smallest absolute Gasteiger partial charge is 0.242 e. The van der Waals surface area contributed by atoms with Crippen LogP contribution in [-0.4, -0.2) is 79.1 Å². The van der Waals surface area contributed by atoms with Crippen LogP contribution in [0.4, 0.5) is 0 Å². The first-order valence-corrected chi connectivity index (χ1v) is 11.1. The molecule has 0 spiro atoms. The summed E-state index contributed by atoms with van der Waals surface area (Å²) in [5, 5.41) is 0. The highest BCUT2D eigenvalue weighted by Crippen LogP contribution is 2.44. The van der Waals surface area contributed by atoms with E-state index in [4.69, 9.17) is 4.74 Å². The third kappa shape index (κ3) is 3.38. The summed E-state index contributed by atoms with van der Waals surface area (Å²) in [6.07, 6.45) is 5.15. The predicted molar refractivity (Wildman–Crippen MR) is 109 cm³/mol. The van der Waals surface area contributed by atoms with Crippen molar-refractivity contribution in [1.29, 1.82) is 0 Å². The molecule has 4 fully saturated rings. The van der Waals surface area contributed by atoms with E-state index >= 15 is 0 Å². The van der Waals surface area contributed by atoms with E-state index < -0.39 is 0 Å². The summed E-state index contributed by atoms with van der Waals surface area (Å²) in [5.41, 5.74) is 1.47. The van der Waals surface area contributed by atoms with Crippen LogP contribution in [0.5, 0.6) is 0 Å². The Morgan fingerprint density at radius 1 is 1.11 bits per heavy atom. The quantitative estimate of drug-likeness (QED) is 0.786. The van der Waals surface area contributed by atoms with Crippen LogP contribution in [0.2, 0.25) is 0 Å². The third-order valence-electron chi connectivity index (χ3n) is 7.56. The van der Waals surface area contributed by atoms with Crippen LogP contribution in [0, 0.1) is 11.8 Å². The van der Waals surface area contributed by atoms with Crippen molar-refractivity contribution in [2.24, 2.45) is 11.8 Å². The highest BCUT2D eigenvalue weighted by Gasteiger charge is 2.46. The maximum absolute atomic E-state index is 13.2. The lowest BCUT2D eigenvalue weighted by Gasteiger charge is -2.55. The van der Waals surface area contributed by atoms with Crippen LogP contribution < -0.4 is 0 Å². The molecule has 0 unspecified atom stereocenters. The van der Waals surface area contributed by atoms with Gasteiger partial charge in [0, 0.05) is 38.3 Å². The molecule has 5 nitrogen and oxygen atoms in total. The van der Waals surface area contributed by atoms with Crippen molar-refractivity contribution in [2.75, 3.05) is 46.4 Å². The summed E-state index contributed by atoms with van der Waals surface area (Å²) in [7, 11) is 2.06. The average molecular weight is 384 g/mol. The third-order valence-corrected chi connectivity index (χ3v) is 7.56. The number of likely N-dealkylation sites (tertiary alicyclic amines) is 1. The number of carbonyl (C=O) groups is 1. The Kier molecular flexibility index (Phi) is 5.16. The van der Waals surface area contributed by atoms with Crippen molar-refractivity contribution < 1.29 is 9.53 Å². The van der Waals surface area contributed by atoms with Gasteiger partial charge in [-0.3, -0.25) is 14.6 Å². The van der Waals surface area contributed by atoms with Crippen molar-refractivity contribution in [2.45, 2.75) is 43.8 Å². The van der Waals surface area contributed by atoms with E-state index in [9.17, 15) is 4.79 Å². The molecule has 4 saturated heterocycles. The van der Waals surface area contributed by atoms with Crippen molar-refractivity contribution >= 4 is 5.91 Å². The van der Waals surface area contributed by atoms with Gasteiger partial charge in [-0.05, 0) is 50.1 Å². The number of piperidine rings is 3. The Hall–Kier alpha value is -1.43. The molecule has 5 atom stereocenters. The number of fused-ring (bicyclic) bond motifs is 4. The van der Waals surface area contributed by atoms with Gasteiger partial charge < -0.3 is 9.64 Å². The summed E-state index contributed by atoms with van der Waals surface area (Å²) >= 11 is 0. The molecule has 0 saturated carbocycles. The van der Waals surface area contributed by atoms with E-state index in [1.54, 1.807) is 0 Å². The monoisotopic (exact) mass is 383 g/mol. The van der Waals surface area contributed by atoms with Crippen molar-refractivity contribution in [3.8, 4) is 0 Å².